The van der Waals surface area contributed by atoms with Crippen LogP contribution in [-0.2, 0) is 4.74 Å². The van der Waals surface area contributed by atoms with Crippen molar-refractivity contribution in [2.45, 2.75) is 51.2 Å². The summed E-state index contributed by atoms with van der Waals surface area (Å²) in [5, 5.41) is 3.15. The van der Waals surface area contributed by atoms with Crippen molar-refractivity contribution in [1.29, 1.82) is 0 Å². The van der Waals surface area contributed by atoms with Gasteiger partial charge in [-0.2, -0.15) is 0 Å². The van der Waals surface area contributed by atoms with Crippen molar-refractivity contribution in [2.75, 3.05) is 30.4 Å². The molecule has 0 bridgehead atoms. The van der Waals surface area contributed by atoms with Crippen molar-refractivity contribution in [3.63, 3.8) is 0 Å². The fraction of sp³-hybridized carbons (Fsp3) is 0.733. The smallest absolute Gasteiger partial charge is 0.135 e. The molecule has 2 fully saturated rings. The summed E-state index contributed by atoms with van der Waals surface area (Å²) in [7, 11) is 1.91. The van der Waals surface area contributed by atoms with Gasteiger partial charge in [0, 0.05) is 25.6 Å². The number of ether oxygens (including phenoxy) is 1. The predicted molar refractivity (Wildman–Crippen MR) is 80.4 cm³/mol. The molecule has 0 spiro atoms. The first-order valence-corrected chi connectivity index (χ1v) is 7.64. The maximum absolute atomic E-state index is 5.89. The first-order chi connectivity index (χ1) is 9.69. The van der Waals surface area contributed by atoms with Crippen molar-refractivity contribution >= 4 is 11.6 Å². The van der Waals surface area contributed by atoms with Crippen molar-refractivity contribution in [1.82, 2.24) is 9.97 Å². The van der Waals surface area contributed by atoms with Crippen molar-refractivity contribution < 1.29 is 4.74 Å². The number of rotatable bonds is 3. The second kappa shape index (κ2) is 5.56. The summed E-state index contributed by atoms with van der Waals surface area (Å²) in [6.45, 7) is 6.00. The maximum atomic E-state index is 5.89. The molecule has 2 unspecified atom stereocenters. The summed E-state index contributed by atoms with van der Waals surface area (Å²) in [5.41, 5.74) is 0. The highest BCUT2D eigenvalue weighted by atomic mass is 16.5. The number of hydrogen-bond acceptors (Lipinski definition) is 5. The Hall–Kier alpha value is -1.36. The fourth-order valence-electron chi connectivity index (χ4n) is 3.20. The molecule has 1 aliphatic carbocycles. The van der Waals surface area contributed by atoms with Gasteiger partial charge < -0.3 is 15.0 Å². The quantitative estimate of drug-likeness (QED) is 0.918. The summed E-state index contributed by atoms with van der Waals surface area (Å²) in [6.07, 6.45) is 4.04. The van der Waals surface area contributed by atoms with E-state index in [9.17, 15) is 0 Å². The lowest BCUT2D eigenvalue weighted by atomic mass is 10.1. The molecule has 1 N–H and O–H groups in total. The standard InChI is InChI=1S/C15H24N4O/c1-10(2)15-17-13(16-3)9-14(18-15)19-7-8-20-12-6-4-5-11(12)19/h9-12H,4-8H2,1-3H3,(H,16,17,18). The molecule has 1 saturated heterocycles. The summed E-state index contributed by atoms with van der Waals surface area (Å²) >= 11 is 0. The van der Waals surface area contributed by atoms with Gasteiger partial charge in [0.15, 0.2) is 0 Å². The van der Waals surface area contributed by atoms with Crippen LogP contribution in [0.3, 0.4) is 0 Å². The molecular formula is C15H24N4O. The van der Waals surface area contributed by atoms with E-state index in [-0.39, 0.29) is 0 Å². The molecular weight excluding hydrogens is 252 g/mol. The molecule has 1 aromatic heterocycles. The average molecular weight is 276 g/mol. The summed E-state index contributed by atoms with van der Waals surface area (Å²) in [6, 6.07) is 2.55. The zero-order chi connectivity index (χ0) is 14.1. The zero-order valence-corrected chi connectivity index (χ0v) is 12.6. The molecule has 1 saturated carbocycles. The molecule has 5 nitrogen and oxygen atoms in total. The first kappa shape index (κ1) is 13.6. The van der Waals surface area contributed by atoms with Crippen LogP contribution in [0.1, 0.15) is 44.9 Å². The maximum Gasteiger partial charge on any atom is 0.135 e. The second-order valence-electron chi connectivity index (χ2n) is 5.98. The summed E-state index contributed by atoms with van der Waals surface area (Å²) in [4.78, 5) is 11.8. The van der Waals surface area contributed by atoms with Crippen LogP contribution in [0.4, 0.5) is 11.6 Å². The fourth-order valence-corrected chi connectivity index (χ4v) is 3.20. The first-order valence-electron chi connectivity index (χ1n) is 7.64. The molecule has 0 aromatic carbocycles. The van der Waals surface area contributed by atoms with Gasteiger partial charge >= 0.3 is 0 Å². The minimum absolute atomic E-state index is 0.336. The Morgan fingerprint density at radius 3 is 2.95 bits per heavy atom. The number of aromatic nitrogens is 2. The van der Waals surface area contributed by atoms with Crippen LogP contribution < -0.4 is 10.2 Å². The van der Waals surface area contributed by atoms with Gasteiger partial charge in [-0.15, -0.1) is 0 Å². The Morgan fingerprint density at radius 1 is 1.35 bits per heavy atom. The largest absolute Gasteiger partial charge is 0.374 e. The monoisotopic (exact) mass is 276 g/mol. The highest BCUT2D eigenvalue weighted by molar-refractivity contribution is 5.50. The minimum Gasteiger partial charge on any atom is -0.374 e. The van der Waals surface area contributed by atoms with Crippen molar-refractivity contribution in [3.05, 3.63) is 11.9 Å². The van der Waals surface area contributed by atoms with Gasteiger partial charge in [0.1, 0.15) is 17.5 Å². The van der Waals surface area contributed by atoms with Gasteiger partial charge in [-0.05, 0) is 19.3 Å². The number of fused-ring (bicyclic) bond motifs is 1. The third kappa shape index (κ3) is 2.46. The van der Waals surface area contributed by atoms with Gasteiger partial charge in [0.05, 0.1) is 18.8 Å². The summed E-state index contributed by atoms with van der Waals surface area (Å²) < 4.78 is 5.89. The lowest BCUT2D eigenvalue weighted by Crippen LogP contribution is -2.49. The Balaban J connectivity index is 1.93. The van der Waals surface area contributed by atoms with E-state index < -0.39 is 0 Å². The predicted octanol–water partition coefficient (Wildman–Crippen LogP) is 2.40. The number of nitrogens with zero attached hydrogens (tertiary/aromatic N) is 3. The molecule has 0 amide bonds. The van der Waals surface area contributed by atoms with Gasteiger partial charge in [0.2, 0.25) is 0 Å². The van der Waals surface area contributed by atoms with E-state index in [0.29, 0.717) is 18.1 Å². The van der Waals surface area contributed by atoms with Crippen LogP contribution in [0.2, 0.25) is 0 Å². The van der Waals surface area contributed by atoms with Crippen LogP contribution in [0, 0.1) is 0 Å². The topological polar surface area (TPSA) is 50.3 Å². The third-order valence-electron chi connectivity index (χ3n) is 4.28. The molecule has 1 aromatic rings. The number of hydrogen-bond donors (Lipinski definition) is 1. The van der Waals surface area contributed by atoms with Gasteiger partial charge in [0.25, 0.3) is 0 Å². The van der Waals surface area contributed by atoms with Crippen molar-refractivity contribution in [2.24, 2.45) is 0 Å². The number of nitrogens with one attached hydrogen (secondary N) is 1. The van der Waals surface area contributed by atoms with E-state index >= 15 is 0 Å². The van der Waals surface area contributed by atoms with Gasteiger partial charge in [-0.25, -0.2) is 9.97 Å². The van der Waals surface area contributed by atoms with E-state index in [4.69, 9.17) is 9.72 Å². The lowest BCUT2D eigenvalue weighted by Gasteiger charge is -2.38. The van der Waals surface area contributed by atoms with Crippen LogP contribution in [-0.4, -0.2) is 42.3 Å². The normalized spacial score (nSPS) is 25.9. The Labute approximate surface area is 120 Å². The SMILES string of the molecule is CNc1cc(N2CCOC3CCCC32)nc(C(C)C)n1. The van der Waals surface area contributed by atoms with Crippen LogP contribution >= 0.6 is 0 Å². The van der Waals surface area contributed by atoms with E-state index in [1.165, 1.54) is 19.3 Å². The van der Waals surface area contributed by atoms with Crippen molar-refractivity contribution in [3.8, 4) is 0 Å². The zero-order valence-electron chi connectivity index (χ0n) is 12.6. The molecule has 0 radical (unpaired) electrons. The molecule has 110 valence electrons. The lowest BCUT2D eigenvalue weighted by molar-refractivity contribution is 0.0253. The molecule has 1 aliphatic heterocycles. The highest BCUT2D eigenvalue weighted by Gasteiger charge is 2.36. The van der Waals surface area contributed by atoms with Crippen LogP contribution in [0.25, 0.3) is 0 Å². The van der Waals surface area contributed by atoms with E-state index in [2.05, 4.69) is 35.1 Å². The molecule has 3 rings (SSSR count). The Morgan fingerprint density at radius 2 is 2.20 bits per heavy atom. The minimum atomic E-state index is 0.336. The number of morpholine rings is 1. The van der Waals surface area contributed by atoms with E-state index in [1.807, 2.05) is 7.05 Å². The second-order valence-corrected chi connectivity index (χ2v) is 5.98. The Kier molecular flexibility index (Phi) is 3.78. The molecule has 2 atom stereocenters. The molecule has 2 aliphatic rings. The summed E-state index contributed by atoms with van der Waals surface area (Å²) in [5.74, 6) is 3.20. The third-order valence-corrected chi connectivity index (χ3v) is 4.28. The average Bonchev–Trinajstić information content (AvgIpc) is 2.94. The van der Waals surface area contributed by atoms with Gasteiger partial charge in [-0.3, -0.25) is 0 Å². The van der Waals surface area contributed by atoms with Crippen LogP contribution in [0.15, 0.2) is 6.07 Å². The number of anilines is 2. The Bertz CT molecular complexity index is 477. The van der Waals surface area contributed by atoms with E-state index in [0.717, 1.165) is 30.6 Å². The van der Waals surface area contributed by atoms with Gasteiger partial charge in [-0.1, -0.05) is 13.8 Å². The van der Waals surface area contributed by atoms with E-state index in [1.54, 1.807) is 0 Å². The molecule has 20 heavy (non-hydrogen) atoms. The van der Waals surface area contributed by atoms with Crippen LogP contribution in [0.5, 0.6) is 0 Å². The molecule has 2 heterocycles. The molecule has 5 heteroatoms. The highest BCUT2D eigenvalue weighted by Crippen LogP contribution is 2.33.